The van der Waals surface area contributed by atoms with Gasteiger partial charge >= 0.3 is 12.2 Å². The summed E-state index contributed by atoms with van der Waals surface area (Å²) < 4.78 is 69.5. The summed E-state index contributed by atoms with van der Waals surface area (Å²) in [6.07, 6.45) is -4.84. The number of aromatic nitrogens is 4. The molecule has 2 unspecified atom stereocenters. The van der Waals surface area contributed by atoms with Crippen molar-refractivity contribution in [2.24, 2.45) is 0 Å². The van der Waals surface area contributed by atoms with Crippen molar-refractivity contribution >= 4 is 29.0 Å². The number of nitrogens with two attached hydrogens (primary N) is 1. The molecule has 2 atom stereocenters. The van der Waals surface area contributed by atoms with Gasteiger partial charge in [-0.3, -0.25) is 14.8 Å². The van der Waals surface area contributed by atoms with Crippen molar-refractivity contribution in [2.45, 2.75) is 64.2 Å². The molecule has 3 aliphatic heterocycles. The third kappa shape index (κ3) is 5.41. The highest BCUT2D eigenvalue weighted by Gasteiger charge is 2.40. The molecule has 5 heterocycles. The molecule has 6 rings (SSSR count). The van der Waals surface area contributed by atoms with Crippen molar-refractivity contribution in [1.82, 2.24) is 30.0 Å². The maximum atomic E-state index is 15.1. The third-order valence-corrected chi connectivity index (χ3v) is 8.72. The van der Waals surface area contributed by atoms with Crippen LogP contribution in [0.2, 0.25) is 5.02 Å². The van der Waals surface area contributed by atoms with E-state index in [9.17, 15) is 18.0 Å². The van der Waals surface area contributed by atoms with Gasteiger partial charge < -0.3 is 25.0 Å². The minimum absolute atomic E-state index is 0.00482. The van der Waals surface area contributed by atoms with Crippen LogP contribution in [0.5, 0.6) is 6.01 Å². The molecule has 1 saturated heterocycles. The number of methoxy groups -OCH3 is 1. The fraction of sp³-hybridized carbons (Fsp3) is 0.500. The van der Waals surface area contributed by atoms with Gasteiger partial charge in [0.05, 0.1) is 60.7 Å². The highest BCUT2D eigenvalue weighted by molar-refractivity contribution is 6.34. The van der Waals surface area contributed by atoms with Gasteiger partial charge in [0, 0.05) is 36.7 Å². The molecule has 1 amide bonds. The van der Waals surface area contributed by atoms with E-state index in [2.05, 4.69) is 20.4 Å². The van der Waals surface area contributed by atoms with E-state index in [0.717, 1.165) is 25.1 Å². The minimum Gasteiger partial charge on any atom is -0.467 e. The number of hydrogen-bond acceptors (Lipinski definition) is 9. The van der Waals surface area contributed by atoms with Crippen molar-refractivity contribution in [3.05, 3.63) is 56.7 Å². The van der Waals surface area contributed by atoms with Gasteiger partial charge in [0.2, 0.25) is 0 Å². The predicted molar refractivity (Wildman–Crippen MR) is 152 cm³/mol. The molecule has 3 aliphatic rings. The van der Waals surface area contributed by atoms with Crippen molar-refractivity contribution < 1.29 is 31.8 Å². The Bertz CT molecular complexity index is 1600. The zero-order valence-corrected chi connectivity index (χ0v) is 24.8. The SMILES string of the molecule is COc1nc2c(c(N3CCCn4nc(C(=O)N5CNCCC5C)c(Cl)c4C3)n1)COC(c1c(C(F)(F)F)ccc(N)c1F)C2. The number of benzene rings is 1. The number of halogens is 5. The highest BCUT2D eigenvalue weighted by Crippen LogP contribution is 2.43. The molecule has 11 nitrogen and oxygen atoms in total. The molecular weight excluding hydrogens is 608 g/mol. The maximum Gasteiger partial charge on any atom is 0.416 e. The van der Waals surface area contributed by atoms with E-state index in [1.165, 1.54) is 7.11 Å². The molecule has 3 aromatic rings. The summed E-state index contributed by atoms with van der Waals surface area (Å²) >= 11 is 6.80. The number of carbonyl (C=O) groups is 1. The molecule has 0 aliphatic carbocycles. The van der Waals surface area contributed by atoms with Crippen LogP contribution in [0.3, 0.4) is 0 Å². The second-order valence-electron chi connectivity index (χ2n) is 11.1. The number of nitrogens with zero attached hydrogens (tertiary/aromatic N) is 6. The molecule has 44 heavy (non-hydrogen) atoms. The molecule has 3 N–H and O–H groups in total. The van der Waals surface area contributed by atoms with Crippen molar-refractivity contribution in [3.63, 3.8) is 0 Å². The number of hydrogen-bond donors (Lipinski definition) is 2. The Balaban J connectivity index is 1.33. The first-order valence-electron chi connectivity index (χ1n) is 14.2. The van der Waals surface area contributed by atoms with Gasteiger partial charge in [0.15, 0.2) is 11.5 Å². The first-order chi connectivity index (χ1) is 21.0. The van der Waals surface area contributed by atoms with Crippen LogP contribution in [-0.2, 0) is 37.0 Å². The van der Waals surface area contributed by atoms with Gasteiger partial charge in [0.1, 0.15) is 5.82 Å². The number of aryl methyl sites for hydroxylation is 1. The van der Waals surface area contributed by atoms with Gasteiger partial charge in [-0.1, -0.05) is 11.6 Å². The van der Waals surface area contributed by atoms with Crippen LogP contribution in [0.4, 0.5) is 29.1 Å². The van der Waals surface area contributed by atoms with E-state index in [0.29, 0.717) is 48.9 Å². The van der Waals surface area contributed by atoms with E-state index in [1.54, 1.807) is 9.58 Å². The smallest absolute Gasteiger partial charge is 0.416 e. The second kappa shape index (κ2) is 11.7. The number of nitrogens with one attached hydrogen (secondary N) is 1. The Hall–Kier alpha value is -3.69. The number of nitrogen functional groups attached to an aromatic ring is 1. The molecule has 16 heteroatoms. The lowest BCUT2D eigenvalue weighted by Crippen LogP contribution is -2.50. The molecule has 0 spiro atoms. The van der Waals surface area contributed by atoms with Crippen LogP contribution < -0.4 is 20.7 Å². The first kappa shape index (κ1) is 30.3. The van der Waals surface area contributed by atoms with E-state index in [1.807, 2.05) is 11.8 Å². The van der Waals surface area contributed by atoms with Crippen LogP contribution in [0.25, 0.3) is 0 Å². The molecular formula is C28H31ClF4N8O3. The number of carbonyl (C=O) groups excluding carboxylic acids is 1. The standard InChI is InChI=1S/C28H31ClF4N8O3/c1-14-6-7-35-13-40(14)26(42)24-22(29)19-11-39(8-3-9-41(19)38-24)25-15-12-44-20(10-18(15)36-27(37-25)43-2)21-16(28(31,32)33)4-5-17(34)23(21)30/h4-5,14,20,35H,3,6-13,34H2,1-2H3. The molecule has 0 radical (unpaired) electrons. The summed E-state index contributed by atoms with van der Waals surface area (Å²) in [5, 5.41) is 8.03. The van der Waals surface area contributed by atoms with E-state index >= 15 is 4.39 Å². The van der Waals surface area contributed by atoms with Crippen LogP contribution in [0.1, 0.15) is 64.4 Å². The molecule has 0 saturated carbocycles. The summed E-state index contributed by atoms with van der Waals surface area (Å²) in [4.78, 5) is 26.0. The molecule has 1 fully saturated rings. The van der Waals surface area contributed by atoms with Gasteiger partial charge in [-0.25, -0.2) is 4.39 Å². The van der Waals surface area contributed by atoms with E-state index in [4.69, 9.17) is 26.8 Å². The van der Waals surface area contributed by atoms with Gasteiger partial charge in [-0.2, -0.15) is 28.2 Å². The van der Waals surface area contributed by atoms with E-state index in [-0.39, 0.29) is 48.2 Å². The monoisotopic (exact) mass is 638 g/mol. The largest absolute Gasteiger partial charge is 0.467 e. The summed E-state index contributed by atoms with van der Waals surface area (Å²) in [6, 6.07) is 1.67. The number of fused-ring (bicyclic) bond motifs is 2. The fourth-order valence-electron chi connectivity index (χ4n) is 5.97. The second-order valence-corrected chi connectivity index (χ2v) is 11.4. The Morgan fingerprint density at radius 1 is 1.25 bits per heavy atom. The zero-order valence-electron chi connectivity index (χ0n) is 24.0. The Labute approximate surface area is 255 Å². The highest BCUT2D eigenvalue weighted by atomic mass is 35.5. The topological polar surface area (TPSA) is 124 Å². The lowest BCUT2D eigenvalue weighted by molar-refractivity contribution is -0.140. The fourth-order valence-corrected chi connectivity index (χ4v) is 6.25. The van der Waals surface area contributed by atoms with Crippen LogP contribution >= 0.6 is 11.6 Å². The van der Waals surface area contributed by atoms with Crippen LogP contribution in [0, 0.1) is 5.82 Å². The third-order valence-electron chi connectivity index (χ3n) is 8.33. The van der Waals surface area contributed by atoms with Crippen molar-refractivity contribution in [2.75, 3.05) is 37.5 Å². The van der Waals surface area contributed by atoms with Crippen molar-refractivity contribution in [3.8, 4) is 6.01 Å². The predicted octanol–water partition coefficient (Wildman–Crippen LogP) is 4.08. The summed E-state index contributed by atoms with van der Waals surface area (Å²) in [5.74, 6) is -0.985. The molecule has 0 bridgehead atoms. The number of amides is 1. The molecule has 1 aromatic carbocycles. The van der Waals surface area contributed by atoms with Gasteiger partial charge in [0.25, 0.3) is 5.91 Å². The van der Waals surface area contributed by atoms with Crippen LogP contribution in [-0.4, -0.2) is 63.5 Å². The Morgan fingerprint density at radius 2 is 2.05 bits per heavy atom. The number of rotatable bonds is 4. The number of anilines is 2. The molecule has 236 valence electrons. The minimum atomic E-state index is -4.82. The number of ether oxygens (including phenoxy) is 2. The summed E-state index contributed by atoms with van der Waals surface area (Å²) in [6.45, 7) is 4.30. The van der Waals surface area contributed by atoms with Crippen molar-refractivity contribution in [1.29, 1.82) is 0 Å². The summed E-state index contributed by atoms with van der Waals surface area (Å²) in [7, 11) is 1.38. The lowest BCUT2D eigenvalue weighted by atomic mass is 9.94. The summed E-state index contributed by atoms with van der Waals surface area (Å²) in [5.41, 5.74) is 5.11. The first-order valence-corrected chi connectivity index (χ1v) is 14.6. The normalized spacial score (nSPS) is 20.6. The average molecular weight is 639 g/mol. The van der Waals surface area contributed by atoms with Crippen LogP contribution in [0.15, 0.2) is 12.1 Å². The Morgan fingerprint density at radius 3 is 2.77 bits per heavy atom. The van der Waals surface area contributed by atoms with Gasteiger partial charge in [-0.15, -0.1) is 0 Å². The van der Waals surface area contributed by atoms with Gasteiger partial charge in [-0.05, 0) is 38.4 Å². The Kier molecular flexibility index (Phi) is 8.05. The lowest BCUT2D eigenvalue weighted by Gasteiger charge is -2.33. The molecule has 2 aromatic heterocycles. The quantitative estimate of drug-likeness (QED) is 0.321. The number of alkyl halides is 3. The van der Waals surface area contributed by atoms with E-state index < -0.39 is 34.9 Å². The maximum absolute atomic E-state index is 15.1. The average Bonchev–Trinajstić information content (AvgIpc) is 3.16. The zero-order chi connectivity index (χ0) is 31.3.